The van der Waals surface area contributed by atoms with Crippen LogP contribution in [0.3, 0.4) is 0 Å². The Morgan fingerprint density at radius 1 is 1.03 bits per heavy atom. The number of benzene rings is 2. The summed E-state index contributed by atoms with van der Waals surface area (Å²) in [6, 6.07) is 15.0. The van der Waals surface area contributed by atoms with Gasteiger partial charge in [0.2, 0.25) is 5.91 Å². The lowest BCUT2D eigenvalue weighted by Crippen LogP contribution is -2.48. The fourth-order valence-corrected chi connectivity index (χ4v) is 3.83. The van der Waals surface area contributed by atoms with E-state index in [1.54, 1.807) is 18.2 Å². The Bertz CT molecular complexity index is 1120. The molecule has 0 spiro atoms. The highest BCUT2D eigenvalue weighted by Crippen LogP contribution is 2.27. The van der Waals surface area contributed by atoms with E-state index < -0.39 is 5.82 Å². The van der Waals surface area contributed by atoms with Gasteiger partial charge in [-0.05, 0) is 54.6 Å². The molecule has 1 aliphatic heterocycles. The van der Waals surface area contributed by atoms with Crippen molar-refractivity contribution in [3.63, 3.8) is 0 Å². The van der Waals surface area contributed by atoms with Crippen LogP contribution in [-0.4, -0.2) is 42.9 Å². The molecule has 0 radical (unpaired) electrons. The molecule has 1 aromatic heterocycles. The lowest BCUT2D eigenvalue weighted by atomic mass is 10.2. The summed E-state index contributed by atoms with van der Waals surface area (Å²) in [5.74, 6) is -0.149. The maximum Gasteiger partial charge on any atom is 0.291 e. The summed E-state index contributed by atoms with van der Waals surface area (Å²) < 4.78 is 19.0. The third-order valence-electron chi connectivity index (χ3n) is 5.46. The number of rotatable bonds is 5. The highest BCUT2D eigenvalue weighted by atomic mass is 35.5. The van der Waals surface area contributed by atoms with Gasteiger partial charge in [0.1, 0.15) is 11.6 Å². The third-order valence-corrected chi connectivity index (χ3v) is 5.75. The van der Waals surface area contributed by atoms with Crippen molar-refractivity contribution in [3.8, 4) is 11.3 Å². The van der Waals surface area contributed by atoms with E-state index >= 15 is 0 Å². The zero-order chi connectivity index (χ0) is 22.7. The van der Waals surface area contributed by atoms with E-state index in [0.717, 1.165) is 18.8 Å². The van der Waals surface area contributed by atoms with E-state index in [1.807, 2.05) is 36.1 Å². The fraction of sp³-hybridized carbons (Fsp3) is 0.250. The Morgan fingerprint density at radius 3 is 2.41 bits per heavy atom. The van der Waals surface area contributed by atoms with Crippen LogP contribution in [0.1, 0.15) is 23.9 Å². The quantitative estimate of drug-likeness (QED) is 0.584. The van der Waals surface area contributed by atoms with Gasteiger partial charge >= 0.3 is 0 Å². The standard InChI is InChI=1S/C24H23ClFN3O3/c1-2-23(30)29-13-11-28(12-14-29)18-6-4-17(5-7-18)27-24(31)22-10-9-21(32-22)16-3-8-20(26)19(25)15-16/h3-10,15H,2,11-14H2,1H3,(H,27,31). The molecule has 2 aromatic carbocycles. The van der Waals surface area contributed by atoms with Gasteiger partial charge in [-0.1, -0.05) is 18.5 Å². The van der Waals surface area contributed by atoms with Gasteiger partial charge in [0.25, 0.3) is 5.91 Å². The Balaban J connectivity index is 1.37. The van der Waals surface area contributed by atoms with Crippen molar-refractivity contribution in [2.75, 3.05) is 36.4 Å². The van der Waals surface area contributed by atoms with Gasteiger partial charge in [-0.25, -0.2) is 4.39 Å². The molecule has 1 N–H and O–H groups in total. The van der Waals surface area contributed by atoms with Gasteiger partial charge in [0.05, 0.1) is 5.02 Å². The van der Waals surface area contributed by atoms with Crippen LogP contribution < -0.4 is 10.2 Å². The minimum atomic E-state index is -0.514. The normalized spacial score (nSPS) is 13.8. The van der Waals surface area contributed by atoms with Crippen LogP contribution in [0, 0.1) is 5.82 Å². The van der Waals surface area contributed by atoms with Gasteiger partial charge in [0, 0.05) is 49.5 Å². The molecule has 2 amide bonds. The molecule has 1 aliphatic rings. The molecule has 2 heterocycles. The highest BCUT2D eigenvalue weighted by molar-refractivity contribution is 6.31. The summed E-state index contributed by atoms with van der Waals surface area (Å²) in [7, 11) is 0. The SMILES string of the molecule is CCC(=O)N1CCN(c2ccc(NC(=O)c3ccc(-c4ccc(F)c(Cl)c4)o3)cc2)CC1. The monoisotopic (exact) mass is 455 g/mol. The van der Waals surface area contributed by atoms with E-state index in [9.17, 15) is 14.0 Å². The molecule has 8 heteroatoms. The van der Waals surface area contributed by atoms with Crippen molar-refractivity contribution >= 4 is 34.8 Å². The first-order valence-electron chi connectivity index (χ1n) is 10.4. The average molecular weight is 456 g/mol. The summed E-state index contributed by atoms with van der Waals surface area (Å²) in [6.07, 6.45) is 0.531. The molecule has 0 saturated carbocycles. The number of amides is 2. The molecule has 0 aliphatic carbocycles. The van der Waals surface area contributed by atoms with Crippen LogP contribution in [-0.2, 0) is 4.79 Å². The number of nitrogens with zero attached hydrogens (tertiary/aromatic N) is 2. The summed E-state index contributed by atoms with van der Waals surface area (Å²) in [6.45, 7) is 4.86. The molecule has 0 bridgehead atoms. The molecule has 166 valence electrons. The van der Waals surface area contributed by atoms with E-state index in [2.05, 4.69) is 10.2 Å². The Labute approximate surface area is 190 Å². The van der Waals surface area contributed by atoms with Crippen LogP contribution in [0.15, 0.2) is 59.0 Å². The highest BCUT2D eigenvalue weighted by Gasteiger charge is 2.20. The smallest absolute Gasteiger partial charge is 0.291 e. The summed E-state index contributed by atoms with van der Waals surface area (Å²) >= 11 is 5.82. The average Bonchev–Trinajstić information content (AvgIpc) is 3.31. The number of piperazine rings is 1. The Hall–Kier alpha value is -3.32. The number of anilines is 2. The number of halogens is 2. The topological polar surface area (TPSA) is 65.8 Å². The molecule has 1 fully saturated rings. The second-order valence-electron chi connectivity index (χ2n) is 7.52. The summed E-state index contributed by atoms with van der Waals surface area (Å²) in [5, 5.41) is 2.80. The van der Waals surface area contributed by atoms with Crippen LogP contribution >= 0.6 is 11.6 Å². The molecule has 32 heavy (non-hydrogen) atoms. The number of nitrogens with one attached hydrogen (secondary N) is 1. The summed E-state index contributed by atoms with van der Waals surface area (Å²) in [4.78, 5) is 28.5. The predicted molar refractivity (Wildman–Crippen MR) is 123 cm³/mol. The Morgan fingerprint density at radius 2 is 1.75 bits per heavy atom. The maximum atomic E-state index is 13.4. The van der Waals surface area contributed by atoms with Crippen molar-refractivity contribution in [1.82, 2.24) is 4.90 Å². The molecular weight excluding hydrogens is 433 g/mol. The minimum absolute atomic E-state index is 0.0108. The molecular formula is C24H23ClFN3O3. The van der Waals surface area contributed by atoms with E-state index in [1.165, 1.54) is 12.1 Å². The minimum Gasteiger partial charge on any atom is -0.451 e. The van der Waals surface area contributed by atoms with Crippen molar-refractivity contribution < 1.29 is 18.4 Å². The first kappa shape index (κ1) is 21.9. The van der Waals surface area contributed by atoms with Crippen LogP contribution in [0.25, 0.3) is 11.3 Å². The van der Waals surface area contributed by atoms with Crippen LogP contribution in [0.2, 0.25) is 5.02 Å². The largest absolute Gasteiger partial charge is 0.451 e. The first-order chi connectivity index (χ1) is 15.4. The number of carbonyl (C=O) groups is 2. The fourth-order valence-electron chi connectivity index (χ4n) is 3.65. The molecule has 1 saturated heterocycles. The van der Waals surface area contributed by atoms with E-state index in [-0.39, 0.29) is 22.6 Å². The van der Waals surface area contributed by atoms with Crippen LogP contribution in [0.5, 0.6) is 0 Å². The van der Waals surface area contributed by atoms with Gasteiger partial charge in [-0.2, -0.15) is 0 Å². The number of furan rings is 1. The predicted octanol–water partition coefficient (Wildman–Crippen LogP) is 5.05. The molecule has 0 unspecified atom stereocenters. The van der Waals surface area contributed by atoms with Gasteiger partial charge in [0.15, 0.2) is 5.76 Å². The molecule has 6 nitrogen and oxygen atoms in total. The maximum absolute atomic E-state index is 13.4. The first-order valence-corrected chi connectivity index (χ1v) is 10.8. The second-order valence-corrected chi connectivity index (χ2v) is 7.92. The van der Waals surface area contributed by atoms with Gasteiger partial charge in [-0.3, -0.25) is 9.59 Å². The lowest BCUT2D eigenvalue weighted by Gasteiger charge is -2.36. The van der Waals surface area contributed by atoms with Crippen molar-refractivity contribution in [2.24, 2.45) is 0 Å². The number of hydrogen-bond donors (Lipinski definition) is 1. The van der Waals surface area contributed by atoms with Crippen molar-refractivity contribution in [3.05, 3.63) is 71.2 Å². The molecule has 4 rings (SSSR count). The Kier molecular flexibility index (Phi) is 6.46. The van der Waals surface area contributed by atoms with Crippen LogP contribution in [0.4, 0.5) is 15.8 Å². The van der Waals surface area contributed by atoms with Crippen molar-refractivity contribution in [2.45, 2.75) is 13.3 Å². The van der Waals surface area contributed by atoms with Gasteiger partial charge in [-0.15, -0.1) is 0 Å². The molecule has 3 aromatic rings. The number of hydrogen-bond acceptors (Lipinski definition) is 4. The zero-order valence-corrected chi connectivity index (χ0v) is 18.4. The van der Waals surface area contributed by atoms with E-state index in [4.69, 9.17) is 16.0 Å². The number of carbonyl (C=O) groups excluding carboxylic acids is 2. The molecule has 0 atom stereocenters. The van der Waals surface area contributed by atoms with E-state index in [0.29, 0.717) is 36.5 Å². The zero-order valence-electron chi connectivity index (χ0n) is 17.6. The summed E-state index contributed by atoms with van der Waals surface area (Å²) in [5.41, 5.74) is 2.27. The second kappa shape index (κ2) is 9.44. The lowest BCUT2D eigenvalue weighted by molar-refractivity contribution is -0.131. The third kappa shape index (κ3) is 4.78. The van der Waals surface area contributed by atoms with Gasteiger partial charge < -0.3 is 19.5 Å². The van der Waals surface area contributed by atoms with Crippen molar-refractivity contribution in [1.29, 1.82) is 0 Å².